The molecule has 26 heavy (non-hydrogen) atoms. The van der Waals surface area contributed by atoms with Gasteiger partial charge in [-0.2, -0.15) is 5.26 Å². The van der Waals surface area contributed by atoms with E-state index in [2.05, 4.69) is 0 Å². The molecule has 0 saturated carbocycles. The van der Waals surface area contributed by atoms with Gasteiger partial charge in [0.05, 0.1) is 21.6 Å². The van der Waals surface area contributed by atoms with E-state index < -0.39 is 4.92 Å². The molecule has 3 rings (SSSR count). The van der Waals surface area contributed by atoms with E-state index in [1.54, 1.807) is 12.1 Å². The molecule has 3 aromatic rings. The monoisotopic (exact) mass is 368 g/mol. The molecule has 1 heterocycles. The fraction of sp³-hybridized carbons (Fsp3) is 0. The molecule has 0 unspecified atom stereocenters. The Morgan fingerprint density at radius 1 is 1.19 bits per heavy atom. The van der Waals surface area contributed by atoms with Crippen LogP contribution in [0.4, 0.5) is 10.1 Å². The average molecular weight is 369 g/mol. The first-order valence-corrected chi connectivity index (χ1v) is 7.77. The molecule has 0 amide bonds. The number of furan rings is 1. The molecule has 0 saturated heterocycles. The van der Waals surface area contributed by atoms with E-state index in [-0.39, 0.29) is 16.5 Å². The number of nitro groups is 1. The smallest absolute Gasteiger partial charge is 0.270 e. The van der Waals surface area contributed by atoms with Crippen molar-refractivity contribution in [1.82, 2.24) is 0 Å². The maximum Gasteiger partial charge on any atom is 0.270 e. The number of nitriles is 1. The predicted octanol–water partition coefficient (Wildman–Crippen LogP) is 5.71. The largest absolute Gasteiger partial charge is 0.457 e. The van der Waals surface area contributed by atoms with E-state index in [1.165, 1.54) is 48.5 Å². The summed E-state index contributed by atoms with van der Waals surface area (Å²) in [7, 11) is 0. The Balaban J connectivity index is 1.93. The third kappa shape index (κ3) is 3.63. The first-order valence-electron chi connectivity index (χ1n) is 7.40. The Bertz CT molecular complexity index is 1050. The Morgan fingerprint density at radius 3 is 2.54 bits per heavy atom. The van der Waals surface area contributed by atoms with Gasteiger partial charge in [0.25, 0.3) is 5.69 Å². The summed E-state index contributed by atoms with van der Waals surface area (Å²) in [4.78, 5) is 10.2. The van der Waals surface area contributed by atoms with Gasteiger partial charge in [-0.05, 0) is 42.0 Å². The summed E-state index contributed by atoms with van der Waals surface area (Å²) in [5.74, 6) is 0.418. The van der Waals surface area contributed by atoms with Crippen LogP contribution in [0.5, 0.6) is 0 Å². The van der Waals surface area contributed by atoms with Gasteiger partial charge in [0.1, 0.15) is 17.3 Å². The van der Waals surface area contributed by atoms with Crippen LogP contribution in [0.25, 0.3) is 23.0 Å². The highest BCUT2D eigenvalue weighted by atomic mass is 35.5. The molecule has 0 radical (unpaired) electrons. The van der Waals surface area contributed by atoms with Gasteiger partial charge in [-0.1, -0.05) is 23.7 Å². The summed E-state index contributed by atoms with van der Waals surface area (Å²) in [5, 5.41) is 20.3. The third-order valence-electron chi connectivity index (χ3n) is 3.62. The molecule has 0 atom stereocenters. The molecule has 0 aliphatic rings. The van der Waals surface area contributed by atoms with E-state index in [0.29, 0.717) is 28.2 Å². The van der Waals surface area contributed by atoms with Gasteiger partial charge in [-0.25, -0.2) is 4.39 Å². The summed E-state index contributed by atoms with van der Waals surface area (Å²) in [5.41, 5.74) is 1.24. The van der Waals surface area contributed by atoms with Crippen molar-refractivity contribution in [2.75, 3.05) is 0 Å². The summed E-state index contributed by atoms with van der Waals surface area (Å²) < 4.78 is 18.7. The normalized spacial score (nSPS) is 11.2. The molecule has 0 bridgehead atoms. The SMILES string of the molecule is N#CC(=Cc1ccc(-c2ccc([N+](=O)[O-])cc2Cl)o1)c1ccc(F)cc1. The highest BCUT2D eigenvalue weighted by Crippen LogP contribution is 2.33. The number of hydrogen-bond donors (Lipinski definition) is 0. The Labute approximate surface area is 152 Å². The molecule has 7 heteroatoms. The van der Waals surface area contributed by atoms with Crippen molar-refractivity contribution >= 4 is 28.9 Å². The van der Waals surface area contributed by atoms with Crippen LogP contribution >= 0.6 is 11.6 Å². The van der Waals surface area contributed by atoms with Gasteiger partial charge in [-0.15, -0.1) is 0 Å². The number of rotatable bonds is 4. The standard InChI is InChI=1S/C19H10ClFN2O3/c20-18-10-15(23(24)25)5-7-17(18)19-8-6-16(26-19)9-13(11-22)12-1-3-14(21)4-2-12/h1-10H. The van der Waals surface area contributed by atoms with Crippen LogP contribution in [-0.4, -0.2) is 4.92 Å². The lowest BCUT2D eigenvalue weighted by molar-refractivity contribution is -0.384. The fourth-order valence-electron chi connectivity index (χ4n) is 2.34. The maximum atomic E-state index is 13.0. The zero-order valence-corrected chi connectivity index (χ0v) is 13.9. The van der Waals surface area contributed by atoms with Gasteiger partial charge in [0, 0.05) is 17.7 Å². The minimum atomic E-state index is -0.534. The number of allylic oxidation sites excluding steroid dienone is 1. The van der Waals surface area contributed by atoms with Crippen molar-refractivity contribution in [2.45, 2.75) is 0 Å². The lowest BCUT2D eigenvalue weighted by atomic mass is 10.1. The van der Waals surface area contributed by atoms with Crippen LogP contribution in [0.15, 0.2) is 59.0 Å². The minimum Gasteiger partial charge on any atom is -0.457 e. The van der Waals surface area contributed by atoms with Crippen LogP contribution in [0, 0.1) is 27.3 Å². The van der Waals surface area contributed by atoms with Crippen LogP contribution in [-0.2, 0) is 0 Å². The molecule has 128 valence electrons. The summed E-state index contributed by atoms with van der Waals surface area (Å²) in [6, 6.07) is 15.0. The first-order chi connectivity index (χ1) is 12.5. The molecule has 0 aliphatic carbocycles. The number of non-ortho nitro benzene ring substituents is 1. The first kappa shape index (κ1) is 17.4. The molecule has 0 aliphatic heterocycles. The van der Waals surface area contributed by atoms with Gasteiger partial charge >= 0.3 is 0 Å². The minimum absolute atomic E-state index is 0.117. The number of hydrogen-bond acceptors (Lipinski definition) is 4. The van der Waals surface area contributed by atoms with E-state index in [4.69, 9.17) is 16.0 Å². The quantitative estimate of drug-likeness (QED) is 0.335. The predicted molar refractivity (Wildman–Crippen MR) is 95.7 cm³/mol. The van der Waals surface area contributed by atoms with Crippen molar-refractivity contribution in [1.29, 1.82) is 5.26 Å². The van der Waals surface area contributed by atoms with E-state index in [1.807, 2.05) is 6.07 Å². The second-order valence-electron chi connectivity index (χ2n) is 5.30. The molecular weight excluding hydrogens is 359 g/mol. The highest BCUT2D eigenvalue weighted by molar-refractivity contribution is 6.33. The second-order valence-corrected chi connectivity index (χ2v) is 5.71. The van der Waals surface area contributed by atoms with Gasteiger partial charge in [-0.3, -0.25) is 10.1 Å². The number of nitrogens with zero attached hydrogens (tertiary/aromatic N) is 2. The summed E-state index contributed by atoms with van der Waals surface area (Å²) >= 11 is 6.09. The zero-order valence-electron chi connectivity index (χ0n) is 13.1. The Morgan fingerprint density at radius 2 is 1.92 bits per heavy atom. The van der Waals surface area contributed by atoms with E-state index >= 15 is 0 Å². The average Bonchev–Trinajstić information content (AvgIpc) is 3.08. The summed E-state index contributed by atoms with van der Waals surface area (Å²) in [6.45, 7) is 0. The van der Waals surface area contributed by atoms with E-state index in [9.17, 15) is 19.8 Å². The van der Waals surface area contributed by atoms with E-state index in [0.717, 1.165) is 0 Å². The van der Waals surface area contributed by atoms with Gasteiger partial charge < -0.3 is 4.42 Å². The topological polar surface area (TPSA) is 80.1 Å². The molecule has 5 nitrogen and oxygen atoms in total. The number of halogens is 2. The molecule has 0 N–H and O–H groups in total. The summed E-state index contributed by atoms with van der Waals surface area (Å²) in [6.07, 6.45) is 1.52. The van der Waals surface area contributed by atoms with Crippen molar-refractivity contribution in [3.8, 4) is 17.4 Å². The van der Waals surface area contributed by atoms with Crippen LogP contribution in [0.1, 0.15) is 11.3 Å². The fourth-order valence-corrected chi connectivity index (χ4v) is 2.61. The van der Waals surface area contributed by atoms with Crippen molar-refractivity contribution < 1.29 is 13.7 Å². The highest BCUT2D eigenvalue weighted by Gasteiger charge is 2.13. The number of nitro benzene ring substituents is 1. The second kappa shape index (κ2) is 7.21. The molecule has 1 aromatic heterocycles. The molecule has 0 spiro atoms. The van der Waals surface area contributed by atoms with Crippen molar-refractivity contribution in [3.05, 3.63) is 86.9 Å². The zero-order chi connectivity index (χ0) is 18.7. The number of benzene rings is 2. The van der Waals surface area contributed by atoms with Gasteiger partial charge in [0.2, 0.25) is 0 Å². The van der Waals surface area contributed by atoms with Crippen LogP contribution in [0.3, 0.4) is 0 Å². The van der Waals surface area contributed by atoms with Crippen LogP contribution < -0.4 is 0 Å². The molecular formula is C19H10ClFN2O3. The Kier molecular flexibility index (Phi) is 4.83. The lowest BCUT2D eigenvalue weighted by Crippen LogP contribution is -1.88. The molecule has 0 fully saturated rings. The third-order valence-corrected chi connectivity index (χ3v) is 3.93. The maximum absolute atomic E-state index is 13.0. The lowest BCUT2D eigenvalue weighted by Gasteiger charge is -2.01. The van der Waals surface area contributed by atoms with Crippen molar-refractivity contribution in [2.24, 2.45) is 0 Å². The van der Waals surface area contributed by atoms with Gasteiger partial charge in [0.15, 0.2) is 0 Å². The van der Waals surface area contributed by atoms with Crippen LogP contribution in [0.2, 0.25) is 5.02 Å². The van der Waals surface area contributed by atoms with Crippen molar-refractivity contribution in [3.63, 3.8) is 0 Å². The molecule has 2 aromatic carbocycles. The Hall–Kier alpha value is -3.43.